The molecule has 2 aromatic rings. The first-order chi connectivity index (χ1) is 11.9. The predicted octanol–water partition coefficient (Wildman–Crippen LogP) is 3.56. The van der Waals surface area contributed by atoms with Crippen LogP contribution in [0.3, 0.4) is 0 Å². The second kappa shape index (κ2) is 8.33. The number of aryl methyl sites for hydroxylation is 2. The fourth-order valence-corrected chi connectivity index (χ4v) is 2.18. The Balaban J connectivity index is 1.83. The Hall–Kier alpha value is -2.82. The van der Waals surface area contributed by atoms with E-state index < -0.39 is 12.1 Å². The van der Waals surface area contributed by atoms with Crippen molar-refractivity contribution in [2.75, 3.05) is 11.9 Å². The first-order valence-corrected chi connectivity index (χ1v) is 8.13. The number of hydrogen-bond donors (Lipinski definition) is 1. The zero-order valence-electron chi connectivity index (χ0n) is 15.0. The van der Waals surface area contributed by atoms with Gasteiger partial charge in [-0.2, -0.15) is 0 Å². The summed E-state index contributed by atoms with van der Waals surface area (Å²) in [5.74, 6) is -0.342. The van der Waals surface area contributed by atoms with E-state index in [1.165, 1.54) is 6.92 Å². The molecule has 0 saturated carbocycles. The summed E-state index contributed by atoms with van der Waals surface area (Å²) in [6.45, 7) is 7.14. The standard InChI is InChI=1S/C20H23NO4/c1-13-8-10-17(11-9-13)21-20(23)16(4)25-19(22)12-24-18-7-5-6-14(2)15(18)3/h5-11,16H,12H2,1-4H3,(H,21,23)/t16-/m0/s1. The zero-order chi connectivity index (χ0) is 18.4. The van der Waals surface area contributed by atoms with Crippen LogP contribution in [0.15, 0.2) is 42.5 Å². The van der Waals surface area contributed by atoms with Crippen molar-refractivity contribution in [3.05, 3.63) is 59.2 Å². The van der Waals surface area contributed by atoms with Crippen molar-refractivity contribution < 1.29 is 19.1 Å². The number of ether oxygens (including phenoxy) is 2. The quantitative estimate of drug-likeness (QED) is 0.816. The summed E-state index contributed by atoms with van der Waals surface area (Å²) in [5.41, 5.74) is 3.81. The number of esters is 1. The first kappa shape index (κ1) is 18.5. The molecule has 5 heteroatoms. The fourth-order valence-electron chi connectivity index (χ4n) is 2.18. The van der Waals surface area contributed by atoms with Crippen molar-refractivity contribution in [2.45, 2.75) is 33.8 Å². The first-order valence-electron chi connectivity index (χ1n) is 8.13. The van der Waals surface area contributed by atoms with Crippen molar-refractivity contribution in [1.82, 2.24) is 0 Å². The Kier molecular flexibility index (Phi) is 6.17. The minimum absolute atomic E-state index is 0.244. The number of amides is 1. The van der Waals surface area contributed by atoms with Gasteiger partial charge in [0.1, 0.15) is 5.75 Å². The minimum atomic E-state index is -0.906. The molecule has 1 amide bonds. The lowest BCUT2D eigenvalue weighted by atomic mass is 10.1. The molecular formula is C20H23NO4. The maximum absolute atomic E-state index is 12.1. The molecule has 0 aromatic heterocycles. The molecule has 0 aliphatic carbocycles. The lowest BCUT2D eigenvalue weighted by Gasteiger charge is -2.15. The van der Waals surface area contributed by atoms with Crippen LogP contribution in [0, 0.1) is 20.8 Å². The van der Waals surface area contributed by atoms with Crippen molar-refractivity contribution >= 4 is 17.6 Å². The van der Waals surface area contributed by atoms with Gasteiger partial charge >= 0.3 is 5.97 Å². The molecule has 2 rings (SSSR count). The highest BCUT2D eigenvalue weighted by atomic mass is 16.6. The molecule has 0 radical (unpaired) electrons. The zero-order valence-corrected chi connectivity index (χ0v) is 15.0. The maximum atomic E-state index is 12.1. The molecule has 25 heavy (non-hydrogen) atoms. The van der Waals surface area contributed by atoms with Gasteiger partial charge < -0.3 is 14.8 Å². The van der Waals surface area contributed by atoms with Crippen molar-refractivity contribution in [3.8, 4) is 5.75 Å². The Morgan fingerprint density at radius 1 is 1.04 bits per heavy atom. The van der Waals surface area contributed by atoms with Crippen LogP contribution >= 0.6 is 0 Å². The summed E-state index contributed by atoms with van der Waals surface area (Å²) in [7, 11) is 0. The smallest absolute Gasteiger partial charge is 0.344 e. The summed E-state index contributed by atoms with van der Waals surface area (Å²) in [6, 6.07) is 13.0. The van der Waals surface area contributed by atoms with Crippen molar-refractivity contribution in [1.29, 1.82) is 0 Å². The van der Waals surface area contributed by atoms with Crippen LogP contribution in [0.4, 0.5) is 5.69 Å². The monoisotopic (exact) mass is 341 g/mol. The van der Waals surface area contributed by atoms with Crippen LogP contribution in [0.1, 0.15) is 23.6 Å². The molecule has 1 N–H and O–H groups in total. The molecule has 0 bridgehead atoms. The Morgan fingerprint density at radius 3 is 2.40 bits per heavy atom. The fraction of sp³-hybridized carbons (Fsp3) is 0.300. The molecule has 0 saturated heterocycles. The number of anilines is 1. The van der Waals surface area contributed by atoms with Crippen LogP contribution in [-0.4, -0.2) is 24.6 Å². The lowest BCUT2D eigenvalue weighted by molar-refractivity contribution is -0.155. The molecule has 132 valence electrons. The number of carbonyl (C=O) groups excluding carboxylic acids is 2. The van der Waals surface area contributed by atoms with Gasteiger partial charge in [-0.3, -0.25) is 4.79 Å². The summed E-state index contributed by atoms with van der Waals surface area (Å²) in [4.78, 5) is 24.0. The number of hydrogen-bond acceptors (Lipinski definition) is 4. The molecule has 0 fully saturated rings. The number of carbonyl (C=O) groups is 2. The van der Waals surface area contributed by atoms with Crippen LogP contribution in [0.2, 0.25) is 0 Å². The van der Waals surface area contributed by atoms with Gasteiger partial charge in [-0.15, -0.1) is 0 Å². The van der Waals surface area contributed by atoms with Gasteiger partial charge in [0, 0.05) is 5.69 Å². The average molecular weight is 341 g/mol. The molecular weight excluding hydrogens is 318 g/mol. The molecule has 0 aliphatic rings. The topological polar surface area (TPSA) is 64.6 Å². The highest BCUT2D eigenvalue weighted by Gasteiger charge is 2.18. The highest BCUT2D eigenvalue weighted by Crippen LogP contribution is 2.20. The molecule has 0 unspecified atom stereocenters. The summed E-state index contributed by atoms with van der Waals surface area (Å²) >= 11 is 0. The van der Waals surface area contributed by atoms with Gasteiger partial charge in [0.15, 0.2) is 12.7 Å². The van der Waals surface area contributed by atoms with E-state index in [-0.39, 0.29) is 12.5 Å². The van der Waals surface area contributed by atoms with Gasteiger partial charge in [-0.05, 0) is 57.0 Å². The third-order valence-electron chi connectivity index (χ3n) is 3.90. The molecule has 5 nitrogen and oxygen atoms in total. The number of rotatable bonds is 6. The van der Waals surface area contributed by atoms with Crippen LogP contribution in [-0.2, 0) is 14.3 Å². The molecule has 2 aromatic carbocycles. The van der Waals surface area contributed by atoms with Gasteiger partial charge in [-0.1, -0.05) is 29.8 Å². The number of benzene rings is 2. The third kappa shape index (κ3) is 5.35. The summed E-state index contributed by atoms with van der Waals surface area (Å²) in [6.07, 6.45) is -0.906. The molecule has 1 atom stereocenters. The van der Waals surface area contributed by atoms with Crippen LogP contribution in [0.25, 0.3) is 0 Å². The maximum Gasteiger partial charge on any atom is 0.344 e. The summed E-state index contributed by atoms with van der Waals surface area (Å²) < 4.78 is 10.6. The van der Waals surface area contributed by atoms with Gasteiger partial charge in [0.2, 0.25) is 0 Å². The van der Waals surface area contributed by atoms with E-state index >= 15 is 0 Å². The second-order valence-corrected chi connectivity index (χ2v) is 5.97. The minimum Gasteiger partial charge on any atom is -0.482 e. The van der Waals surface area contributed by atoms with Gasteiger partial charge in [-0.25, -0.2) is 4.79 Å². The van der Waals surface area contributed by atoms with E-state index in [2.05, 4.69) is 5.32 Å². The molecule has 0 aliphatic heterocycles. The third-order valence-corrected chi connectivity index (χ3v) is 3.90. The Bertz CT molecular complexity index is 753. The Labute approximate surface area is 148 Å². The normalized spacial score (nSPS) is 11.5. The van der Waals surface area contributed by atoms with Crippen molar-refractivity contribution in [2.24, 2.45) is 0 Å². The molecule has 0 heterocycles. The van der Waals surface area contributed by atoms with E-state index in [4.69, 9.17) is 9.47 Å². The van der Waals surface area contributed by atoms with E-state index in [1.54, 1.807) is 18.2 Å². The van der Waals surface area contributed by atoms with E-state index in [9.17, 15) is 9.59 Å². The van der Waals surface area contributed by atoms with Crippen LogP contribution < -0.4 is 10.1 Å². The molecule has 0 spiro atoms. The van der Waals surface area contributed by atoms with Crippen molar-refractivity contribution in [3.63, 3.8) is 0 Å². The van der Waals surface area contributed by atoms with E-state index in [1.807, 2.05) is 45.0 Å². The average Bonchev–Trinajstić information content (AvgIpc) is 2.58. The second-order valence-electron chi connectivity index (χ2n) is 5.97. The predicted molar refractivity (Wildman–Crippen MR) is 96.8 cm³/mol. The van der Waals surface area contributed by atoms with E-state index in [0.29, 0.717) is 11.4 Å². The number of nitrogens with one attached hydrogen (secondary N) is 1. The SMILES string of the molecule is Cc1ccc(NC(=O)[C@H](C)OC(=O)COc2cccc(C)c2C)cc1. The van der Waals surface area contributed by atoms with Gasteiger partial charge in [0.05, 0.1) is 0 Å². The highest BCUT2D eigenvalue weighted by molar-refractivity contribution is 5.95. The van der Waals surface area contributed by atoms with Crippen LogP contribution in [0.5, 0.6) is 5.75 Å². The summed E-state index contributed by atoms with van der Waals surface area (Å²) in [5, 5.41) is 2.71. The lowest BCUT2D eigenvalue weighted by Crippen LogP contribution is -2.31. The largest absolute Gasteiger partial charge is 0.482 e. The van der Waals surface area contributed by atoms with Gasteiger partial charge in [0.25, 0.3) is 5.91 Å². The van der Waals surface area contributed by atoms with E-state index in [0.717, 1.165) is 16.7 Å². The Morgan fingerprint density at radius 2 is 1.72 bits per heavy atom.